The van der Waals surface area contributed by atoms with Crippen molar-refractivity contribution < 1.29 is 43.3 Å². The Balaban J connectivity index is 0. The van der Waals surface area contributed by atoms with Crippen LogP contribution in [-0.4, -0.2) is 60.5 Å². The maximum atomic E-state index is 10.5. The number of Topliss-reactive ketones (excluding diaryl/α,β-unsaturated/α-hetero) is 2. The van der Waals surface area contributed by atoms with E-state index in [2.05, 4.69) is 14.2 Å². The van der Waals surface area contributed by atoms with Gasteiger partial charge in [-0.15, -0.1) is 0 Å². The van der Waals surface area contributed by atoms with Crippen LogP contribution in [0.25, 0.3) is 0 Å². The predicted octanol–water partition coefficient (Wildman–Crippen LogP) is 1.91. The topological polar surface area (TPSA) is 133 Å². The van der Waals surface area contributed by atoms with Crippen LogP contribution >= 0.6 is 0 Å². The lowest BCUT2D eigenvalue weighted by atomic mass is 10.00. The van der Waals surface area contributed by atoms with Gasteiger partial charge in [0.25, 0.3) is 0 Å². The maximum absolute atomic E-state index is 10.5. The lowest BCUT2D eigenvalue weighted by molar-refractivity contribution is -0.152. The number of cyclic esters (lactones) is 1. The van der Waals surface area contributed by atoms with Crippen molar-refractivity contribution in [3.63, 3.8) is 0 Å². The zero-order valence-corrected chi connectivity index (χ0v) is 17.9. The molecule has 2 aliphatic rings. The minimum Gasteiger partial charge on any atom is -0.466 e. The molecule has 1 saturated heterocycles. The van der Waals surface area contributed by atoms with Gasteiger partial charge in [0.1, 0.15) is 11.9 Å². The Bertz CT molecular complexity index is 496. The summed E-state index contributed by atoms with van der Waals surface area (Å²) in [5.74, 6) is -1.45. The number of hydrogen-bond acceptors (Lipinski definition) is 9. The van der Waals surface area contributed by atoms with Crippen molar-refractivity contribution >= 4 is 29.5 Å². The Morgan fingerprint density at radius 2 is 1.52 bits per heavy atom. The number of hydrogen-bond donors (Lipinski definition) is 1. The van der Waals surface area contributed by atoms with Crippen LogP contribution in [0.5, 0.6) is 0 Å². The molecule has 2 fully saturated rings. The number of esters is 3. The number of carbonyl (C=O) groups is 5. The van der Waals surface area contributed by atoms with Crippen LogP contribution in [0.4, 0.5) is 0 Å². The van der Waals surface area contributed by atoms with Gasteiger partial charge in [0, 0.05) is 26.2 Å². The fraction of sp³-hybridized carbons (Fsp3) is 0.750. The Labute approximate surface area is 172 Å². The fourth-order valence-electron chi connectivity index (χ4n) is 1.92. The minimum atomic E-state index is -0.991. The van der Waals surface area contributed by atoms with Crippen molar-refractivity contribution in [2.75, 3.05) is 19.8 Å². The van der Waals surface area contributed by atoms with E-state index in [9.17, 15) is 24.0 Å². The van der Waals surface area contributed by atoms with Gasteiger partial charge in [0.15, 0.2) is 0 Å². The van der Waals surface area contributed by atoms with Crippen molar-refractivity contribution in [3.05, 3.63) is 0 Å². The number of rotatable bonds is 4. The maximum Gasteiger partial charge on any atom is 0.374 e. The Hall–Kier alpha value is -2.29. The van der Waals surface area contributed by atoms with E-state index >= 15 is 0 Å². The number of carbonyl (C=O) groups excluding carboxylic acids is 5. The molecule has 29 heavy (non-hydrogen) atoms. The summed E-state index contributed by atoms with van der Waals surface area (Å²) in [7, 11) is 0. The molecule has 0 aromatic carbocycles. The Morgan fingerprint density at radius 1 is 0.966 bits per heavy atom. The third kappa shape index (κ3) is 20.3. The van der Waals surface area contributed by atoms with Crippen molar-refractivity contribution in [3.8, 4) is 0 Å². The molecule has 9 heteroatoms. The molecule has 1 atom stereocenters. The van der Waals surface area contributed by atoms with Crippen LogP contribution in [-0.2, 0) is 38.2 Å². The predicted molar refractivity (Wildman–Crippen MR) is 104 cm³/mol. The van der Waals surface area contributed by atoms with E-state index in [1.807, 2.05) is 0 Å². The van der Waals surface area contributed by atoms with Gasteiger partial charge < -0.3 is 19.3 Å². The quantitative estimate of drug-likeness (QED) is 0.413. The standard InChI is InChI=1S/C6H10O.C5H10O3.C5H8O3.C4H6O2/c7-6-4-2-1-3-5-6;2*1-3-8-5(7)4(2)6;5-4-2-1-3-6-4/h1-5H2;4,6H,3H2,1-2H3;3H2,1-2H3;1-3H2. The second-order valence-corrected chi connectivity index (χ2v) is 6.13. The van der Waals surface area contributed by atoms with E-state index in [4.69, 9.17) is 5.11 Å². The molecule has 0 spiro atoms. The van der Waals surface area contributed by atoms with Crippen LogP contribution < -0.4 is 0 Å². The molecular formula is C20H34O9. The summed E-state index contributed by atoms with van der Waals surface area (Å²) in [5, 5.41) is 8.48. The van der Waals surface area contributed by atoms with E-state index < -0.39 is 23.8 Å². The van der Waals surface area contributed by atoms with E-state index in [1.54, 1.807) is 13.8 Å². The molecule has 168 valence electrons. The molecule has 1 heterocycles. The summed E-state index contributed by atoms with van der Waals surface area (Å²) in [4.78, 5) is 51.0. The minimum absolute atomic E-state index is 0.0463. The zero-order chi connectivity index (χ0) is 22.7. The smallest absolute Gasteiger partial charge is 0.374 e. The normalized spacial score (nSPS) is 15.6. The number of aliphatic hydroxyl groups excluding tert-OH is 1. The summed E-state index contributed by atoms with van der Waals surface area (Å²) in [5.41, 5.74) is 0. The first-order chi connectivity index (χ1) is 13.6. The Kier molecular flexibility index (Phi) is 19.0. The number of ketones is 2. The summed E-state index contributed by atoms with van der Waals surface area (Å²) in [6, 6.07) is 0. The van der Waals surface area contributed by atoms with Gasteiger partial charge in [0.2, 0.25) is 5.78 Å². The van der Waals surface area contributed by atoms with Crippen LogP contribution in [0.2, 0.25) is 0 Å². The fourth-order valence-corrected chi connectivity index (χ4v) is 1.92. The molecule has 0 bridgehead atoms. The van der Waals surface area contributed by atoms with Gasteiger partial charge in [0.05, 0.1) is 19.8 Å². The lowest BCUT2D eigenvalue weighted by Crippen LogP contribution is -2.18. The highest BCUT2D eigenvalue weighted by Crippen LogP contribution is 2.12. The molecule has 1 N–H and O–H groups in total. The van der Waals surface area contributed by atoms with E-state index in [1.165, 1.54) is 20.3 Å². The molecule has 1 unspecified atom stereocenters. The van der Waals surface area contributed by atoms with Crippen LogP contribution in [0.3, 0.4) is 0 Å². The second-order valence-electron chi connectivity index (χ2n) is 6.13. The largest absolute Gasteiger partial charge is 0.466 e. The van der Waals surface area contributed by atoms with Crippen LogP contribution in [0, 0.1) is 0 Å². The van der Waals surface area contributed by atoms with Crippen molar-refractivity contribution in [2.24, 2.45) is 0 Å². The zero-order valence-electron chi connectivity index (χ0n) is 17.9. The molecule has 0 aromatic heterocycles. The molecule has 1 saturated carbocycles. The lowest BCUT2D eigenvalue weighted by Gasteiger charge is -2.05. The first-order valence-electron chi connectivity index (χ1n) is 9.85. The van der Waals surface area contributed by atoms with Gasteiger partial charge in [-0.3, -0.25) is 14.4 Å². The van der Waals surface area contributed by atoms with Crippen molar-refractivity contribution in [2.45, 2.75) is 78.7 Å². The highest BCUT2D eigenvalue weighted by molar-refractivity contribution is 6.32. The average Bonchev–Trinajstić information content (AvgIpc) is 3.15. The summed E-state index contributed by atoms with van der Waals surface area (Å²) < 4.78 is 13.2. The highest BCUT2D eigenvalue weighted by Gasteiger charge is 2.09. The first-order valence-corrected chi connectivity index (χ1v) is 9.85. The van der Waals surface area contributed by atoms with Gasteiger partial charge in [-0.25, -0.2) is 9.59 Å². The van der Waals surface area contributed by atoms with Crippen LogP contribution in [0.15, 0.2) is 0 Å². The summed E-state index contributed by atoms with van der Waals surface area (Å²) in [6.07, 6.45) is 5.79. The molecule has 1 aliphatic carbocycles. The number of aliphatic hydroxyl groups is 1. The highest BCUT2D eigenvalue weighted by atomic mass is 16.5. The van der Waals surface area contributed by atoms with Crippen LogP contribution in [0.1, 0.15) is 72.6 Å². The summed E-state index contributed by atoms with van der Waals surface area (Å²) in [6.45, 7) is 7.12. The molecule has 0 radical (unpaired) electrons. The van der Waals surface area contributed by atoms with Gasteiger partial charge >= 0.3 is 17.9 Å². The van der Waals surface area contributed by atoms with Crippen molar-refractivity contribution in [1.29, 1.82) is 0 Å². The van der Waals surface area contributed by atoms with E-state index in [0.717, 1.165) is 32.1 Å². The molecule has 0 amide bonds. The van der Waals surface area contributed by atoms with E-state index in [-0.39, 0.29) is 12.6 Å². The second kappa shape index (κ2) is 19.0. The monoisotopic (exact) mass is 418 g/mol. The van der Waals surface area contributed by atoms with Crippen molar-refractivity contribution in [1.82, 2.24) is 0 Å². The van der Waals surface area contributed by atoms with Gasteiger partial charge in [-0.1, -0.05) is 6.42 Å². The summed E-state index contributed by atoms with van der Waals surface area (Å²) >= 11 is 0. The van der Waals surface area contributed by atoms with Gasteiger partial charge in [-0.05, 0) is 40.0 Å². The van der Waals surface area contributed by atoms with E-state index in [0.29, 0.717) is 25.4 Å². The Morgan fingerprint density at radius 3 is 1.69 bits per heavy atom. The molecule has 9 nitrogen and oxygen atoms in total. The first kappa shape index (κ1) is 28.9. The molecule has 1 aliphatic heterocycles. The molecule has 0 aromatic rings. The number of ether oxygens (including phenoxy) is 3. The third-order valence-corrected chi connectivity index (χ3v) is 3.39. The average molecular weight is 418 g/mol. The van der Waals surface area contributed by atoms with Gasteiger partial charge in [-0.2, -0.15) is 0 Å². The third-order valence-electron chi connectivity index (χ3n) is 3.39. The molecule has 2 rings (SSSR count). The SMILES string of the molecule is CCOC(=O)C(C)=O.CCOC(=O)C(C)O.O=C1CCCCC1.O=C1CCCO1. The molecular weight excluding hydrogens is 384 g/mol.